The van der Waals surface area contributed by atoms with E-state index in [2.05, 4.69) is 4.57 Å². The number of nitrogens with zero attached hydrogens (tertiary/aromatic N) is 1. The Morgan fingerprint density at radius 3 is 2.59 bits per heavy atom. The van der Waals surface area contributed by atoms with Gasteiger partial charge in [-0.3, -0.25) is 4.79 Å². The minimum atomic E-state index is -0.0776. The molecule has 0 aliphatic carbocycles. The van der Waals surface area contributed by atoms with E-state index in [-0.39, 0.29) is 12.0 Å². The van der Waals surface area contributed by atoms with Crippen LogP contribution in [0.1, 0.15) is 31.0 Å². The molecule has 0 aliphatic heterocycles. The Morgan fingerprint density at radius 2 is 1.91 bits per heavy atom. The number of hydrogen-bond donors (Lipinski definition) is 1. The second kappa shape index (κ2) is 8.39. The van der Waals surface area contributed by atoms with Crippen molar-refractivity contribution in [3.05, 3.63) is 64.1 Å². The van der Waals surface area contributed by atoms with Gasteiger partial charge < -0.3 is 14.4 Å². The predicted octanol–water partition coefficient (Wildman–Crippen LogP) is 2.76. The highest BCUT2D eigenvalue weighted by molar-refractivity contribution is 5.29. The van der Waals surface area contributed by atoms with Crippen LogP contribution in [-0.4, -0.2) is 16.3 Å². The summed E-state index contributed by atoms with van der Waals surface area (Å²) in [6, 6.07) is 11.4. The first kappa shape index (κ1) is 16.3. The first-order valence-electron chi connectivity index (χ1n) is 7.76. The Labute approximate surface area is 131 Å². The van der Waals surface area contributed by atoms with Gasteiger partial charge in [0.25, 0.3) is 0 Å². The summed E-state index contributed by atoms with van der Waals surface area (Å²) in [6.45, 7) is 3.39. The molecule has 118 valence electrons. The summed E-state index contributed by atoms with van der Waals surface area (Å²) in [5, 5.41) is 8.90. The highest BCUT2D eigenvalue weighted by Gasteiger charge is 2.11. The molecule has 0 fully saturated rings. The number of aliphatic hydroxyl groups excluding tert-OH is 1. The average Bonchev–Trinajstić information content (AvgIpc) is 2.55. The van der Waals surface area contributed by atoms with Crippen LogP contribution in [-0.2, 0) is 19.6 Å². The molecule has 1 aromatic heterocycles. The van der Waals surface area contributed by atoms with E-state index in [1.54, 1.807) is 6.07 Å². The molecule has 22 heavy (non-hydrogen) atoms. The van der Waals surface area contributed by atoms with Crippen molar-refractivity contribution >= 4 is 0 Å². The highest BCUT2D eigenvalue weighted by atomic mass is 16.5. The Balaban J connectivity index is 2.17. The second-order valence-electron chi connectivity index (χ2n) is 5.21. The fourth-order valence-corrected chi connectivity index (χ4v) is 2.45. The molecule has 2 rings (SSSR count). The summed E-state index contributed by atoms with van der Waals surface area (Å²) in [5.74, 6) is 0.442. The van der Waals surface area contributed by atoms with Crippen molar-refractivity contribution in [1.29, 1.82) is 0 Å². The summed E-state index contributed by atoms with van der Waals surface area (Å²) in [4.78, 5) is 12.1. The van der Waals surface area contributed by atoms with Gasteiger partial charge in [-0.05, 0) is 24.8 Å². The number of aliphatic hydroxyl groups is 1. The summed E-state index contributed by atoms with van der Waals surface area (Å²) < 4.78 is 7.86. The first-order valence-corrected chi connectivity index (χ1v) is 7.76. The van der Waals surface area contributed by atoms with Crippen LogP contribution < -0.4 is 10.2 Å². The molecule has 1 aromatic carbocycles. The lowest BCUT2D eigenvalue weighted by Crippen LogP contribution is -2.17. The van der Waals surface area contributed by atoms with E-state index in [0.29, 0.717) is 12.4 Å². The third kappa shape index (κ3) is 4.21. The summed E-state index contributed by atoms with van der Waals surface area (Å²) in [5.41, 5.74) is 1.88. The number of hydrogen-bond acceptors (Lipinski definition) is 3. The molecule has 4 heteroatoms. The third-order valence-electron chi connectivity index (χ3n) is 3.61. The molecule has 0 atom stereocenters. The van der Waals surface area contributed by atoms with Crippen LogP contribution in [0, 0.1) is 0 Å². The first-order chi connectivity index (χ1) is 10.8. The van der Waals surface area contributed by atoms with Crippen molar-refractivity contribution in [3.8, 4) is 5.75 Å². The zero-order valence-corrected chi connectivity index (χ0v) is 13.0. The minimum absolute atomic E-state index is 0.0776. The van der Waals surface area contributed by atoms with Crippen molar-refractivity contribution in [3.63, 3.8) is 0 Å². The van der Waals surface area contributed by atoms with Crippen molar-refractivity contribution in [1.82, 2.24) is 4.57 Å². The van der Waals surface area contributed by atoms with Crippen LogP contribution >= 0.6 is 0 Å². The largest absolute Gasteiger partial charge is 0.483 e. The van der Waals surface area contributed by atoms with Gasteiger partial charge in [-0.25, -0.2) is 0 Å². The molecule has 0 saturated carbocycles. The van der Waals surface area contributed by atoms with Crippen molar-refractivity contribution in [2.45, 2.75) is 39.3 Å². The zero-order chi connectivity index (χ0) is 15.8. The second-order valence-corrected chi connectivity index (χ2v) is 5.21. The van der Waals surface area contributed by atoms with Gasteiger partial charge in [-0.15, -0.1) is 0 Å². The van der Waals surface area contributed by atoms with Crippen LogP contribution in [0.15, 0.2) is 47.4 Å². The van der Waals surface area contributed by atoms with Gasteiger partial charge in [0.05, 0.1) is 5.69 Å². The van der Waals surface area contributed by atoms with Crippen LogP contribution in [0.2, 0.25) is 0 Å². The van der Waals surface area contributed by atoms with Gasteiger partial charge >= 0.3 is 0 Å². The van der Waals surface area contributed by atoms with Crippen LogP contribution in [0.4, 0.5) is 0 Å². The molecule has 0 saturated heterocycles. The van der Waals surface area contributed by atoms with Crippen LogP contribution in [0.25, 0.3) is 0 Å². The maximum absolute atomic E-state index is 12.1. The third-order valence-corrected chi connectivity index (χ3v) is 3.61. The molecule has 1 N–H and O–H groups in total. The van der Waals surface area contributed by atoms with Crippen molar-refractivity contribution in [2.75, 3.05) is 6.61 Å². The van der Waals surface area contributed by atoms with E-state index in [9.17, 15) is 4.79 Å². The van der Waals surface area contributed by atoms with E-state index in [1.165, 1.54) is 0 Å². The summed E-state index contributed by atoms with van der Waals surface area (Å²) >= 11 is 0. The van der Waals surface area contributed by atoms with Crippen LogP contribution in [0.5, 0.6) is 5.75 Å². The molecule has 2 aromatic rings. The average molecular weight is 301 g/mol. The monoisotopic (exact) mass is 301 g/mol. The lowest BCUT2D eigenvalue weighted by Gasteiger charge is -2.16. The Kier molecular flexibility index (Phi) is 6.22. The van der Waals surface area contributed by atoms with Gasteiger partial charge in [0.2, 0.25) is 5.43 Å². The smallest absolute Gasteiger partial charge is 0.223 e. The lowest BCUT2D eigenvalue weighted by molar-refractivity contribution is 0.279. The highest BCUT2D eigenvalue weighted by Crippen LogP contribution is 2.16. The Bertz CT molecular complexity index is 635. The fourth-order valence-electron chi connectivity index (χ4n) is 2.45. The van der Waals surface area contributed by atoms with E-state index >= 15 is 0 Å². The van der Waals surface area contributed by atoms with E-state index < -0.39 is 0 Å². The quantitative estimate of drug-likeness (QED) is 0.763. The number of unbranched alkanes of at least 4 members (excludes halogenated alkanes) is 1. The van der Waals surface area contributed by atoms with Gasteiger partial charge in [0, 0.05) is 25.4 Å². The Morgan fingerprint density at radius 1 is 1.14 bits per heavy atom. The predicted molar refractivity (Wildman–Crippen MR) is 87.2 cm³/mol. The molecular weight excluding hydrogens is 278 g/mol. The number of aryl methyl sites for hydroxylation is 1. The van der Waals surface area contributed by atoms with Crippen molar-refractivity contribution < 1.29 is 9.84 Å². The maximum atomic E-state index is 12.1. The zero-order valence-electron chi connectivity index (χ0n) is 13.0. The van der Waals surface area contributed by atoms with Crippen LogP contribution in [0.3, 0.4) is 0 Å². The molecule has 0 amide bonds. The minimum Gasteiger partial charge on any atom is -0.483 e. The van der Waals surface area contributed by atoms with E-state index in [4.69, 9.17) is 9.84 Å². The molecule has 0 unspecified atom stereocenters. The molecule has 1 heterocycles. The SMILES string of the molecule is CCc1c(OCc2ccccc2)c(=O)ccn1CCCCO. The van der Waals surface area contributed by atoms with Gasteiger partial charge in [-0.1, -0.05) is 37.3 Å². The maximum Gasteiger partial charge on any atom is 0.223 e. The number of aromatic nitrogens is 1. The van der Waals surface area contributed by atoms with E-state index in [1.807, 2.05) is 43.5 Å². The number of benzene rings is 1. The van der Waals surface area contributed by atoms with Crippen molar-refractivity contribution in [2.24, 2.45) is 0 Å². The molecule has 0 spiro atoms. The molecule has 4 nitrogen and oxygen atoms in total. The molecule has 0 aliphatic rings. The van der Waals surface area contributed by atoms with Gasteiger partial charge in [-0.2, -0.15) is 0 Å². The number of ether oxygens (including phenoxy) is 1. The standard InChI is InChI=1S/C18H23NO3/c1-2-16-18(22-14-15-8-4-3-5-9-15)17(21)10-12-19(16)11-6-7-13-20/h3-5,8-10,12,20H,2,6-7,11,13-14H2,1H3. The topological polar surface area (TPSA) is 51.5 Å². The Hall–Kier alpha value is -2.07. The molecule has 0 radical (unpaired) electrons. The number of rotatable bonds is 8. The fraction of sp³-hybridized carbons (Fsp3) is 0.389. The summed E-state index contributed by atoms with van der Waals surface area (Å²) in [6.07, 6.45) is 4.19. The summed E-state index contributed by atoms with van der Waals surface area (Å²) in [7, 11) is 0. The van der Waals surface area contributed by atoms with Gasteiger partial charge in [0.15, 0.2) is 5.75 Å². The van der Waals surface area contributed by atoms with E-state index in [0.717, 1.165) is 37.1 Å². The number of pyridine rings is 1. The molecule has 0 bridgehead atoms. The molecular formula is C18H23NO3. The van der Waals surface area contributed by atoms with Gasteiger partial charge in [0.1, 0.15) is 6.61 Å². The normalized spacial score (nSPS) is 10.6. The lowest BCUT2D eigenvalue weighted by atomic mass is 10.2.